The zero-order valence-electron chi connectivity index (χ0n) is 12.9. The third-order valence-electron chi connectivity index (χ3n) is 3.41. The molecule has 1 aromatic carbocycles. The number of rotatable bonds is 10. The number of aryl methyl sites for hydroxylation is 1. The summed E-state index contributed by atoms with van der Waals surface area (Å²) in [6.07, 6.45) is 7.69. The lowest BCUT2D eigenvalue weighted by atomic mass is 10.1. The van der Waals surface area contributed by atoms with Crippen LogP contribution >= 0.6 is 0 Å². The Bertz CT molecular complexity index is 390. The number of hydrogen-bond donors (Lipinski definition) is 2. The van der Waals surface area contributed by atoms with Crippen molar-refractivity contribution in [3.63, 3.8) is 0 Å². The van der Waals surface area contributed by atoms with Gasteiger partial charge >= 0.3 is 0 Å². The summed E-state index contributed by atoms with van der Waals surface area (Å²) in [5.41, 5.74) is 2.00. The van der Waals surface area contributed by atoms with Gasteiger partial charge in [-0.25, -0.2) is 0 Å². The number of carbonyl (C=O) groups is 1. The lowest BCUT2D eigenvalue weighted by Gasteiger charge is -2.08. The molecule has 0 saturated carbocycles. The maximum Gasteiger partial charge on any atom is 0.238 e. The zero-order chi connectivity index (χ0) is 14.6. The summed E-state index contributed by atoms with van der Waals surface area (Å²) < 4.78 is 0. The van der Waals surface area contributed by atoms with E-state index in [1.165, 1.54) is 32.1 Å². The Hall–Kier alpha value is -1.35. The van der Waals surface area contributed by atoms with Crippen molar-refractivity contribution in [3.05, 3.63) is 29.8 Å². The van der Waals surface area contributed by atoms with Crippen LogP contribution < -0.4 is 10.6 Å². The number of hydrogen-bond acceptors (Lipinski definition) is 2. The fraction of sp³-hybridized carbons (Fsp3) is 0.588. The van der Waals surface area contributed by atoms with Crippen molar-refractivity contribution in [1.29, 1.82) is 0 Å². The molecule has 0 aliphatic rings. The first-order chi connectivity index (χ1) is 9.74. The summed E-state index contributed by atoms with van der Waals surface area (Å²) in [6.45, 7) is 5.55. The van der Waals surface area contributed by atoms with Crippen LogP contribution in [0.5, 0.6) is 0 Å². The normalized spacial score (nSPS) is 10.5. The summed E-state index contributed by atoms with van der Waals surface area (Å²) in [5.74, 6) is 0.0327. The molecule has 3 heteroatoms. The van der Waals surface area contributed by atoms with Crippen LogP contribution in [0.1, 0.15) is 51.0 Å². The molecular formula is C17H28N2O. The highest BCUT2D eigenvalue weighted by molar-refractivity contribution is 5.92. The van der Waals surface area contributed by atoms with E-state index in [1.54, 1.807) is 0 Å². The first-order valence-electron chi connectivity index (χ1n) is 7.80. The van der Waals surface area contributed by atoms with E-state index in [9.17, 15) is 4.79 Å². The number of para-hydroxylation sites is 1. The molecule has 0 fully saturated rings. The molecule has 3 nitrogen and oxygen atoms in total. The van der Waals surface area contributed by atoms with E-state index >= 15 is 0 Å². The third-order valence-corrected chi connectivity index (χ3v) is 3.41. The van der Waals surface area contributed by atoms with Crippen molar-refractivity contribution < 1.29 is 4.79 Å². The minimum Gasteiger partial charge on any atom is -0.325 e. The second-order valence-corrected chi connectivity index (χ2v) is 5.31. The smallest absolute Gasteiger partial charge is 0.238 e. The summed E-state index contributed by atoms with van der Waals surface area (Å²) in [7, 11) is 0. The van der Waals surface area contributed by atoms with Gasteiger partial charge in [-0.15, -0.1) is 0 Å². The quantitative estimate of drug-likeness (QED) is 0.637. The maximum absolute atomic E-state index is 11.8. The average molecular weight is 276 g/mol. The third kappa shape index (κ3) is 7.29. The van der Waals surface area contributed by atoms with E-state index < -0.39 is 0 Å². The van der Waals surface area contributed by atoms with Gasteiger partial charge in [-0.1, -0.05) is 57.2 Å². The monoisotopic (exact) mass is 276 g/mol. The fourth-order valence-corrected chi connectivity index (χ4v) is 2.14. The molecule has 0 spiro atoms. The SMILES string of the molecule is CCCCCCCCNCC(=O)Nc1ccccc1C. The standard InChI is InChI=1S/C17H28N2O/c1-3-4-5-6-7-10-13-18-14-17(20)19-16-12-9-8-11-15(16)2/h8-9,11-12,18H,3-7,10,13-14H2,1-2H3,(H,19,20). The zero-order valence-corrected chi connectivity index (χ0v) is 12.9. The molecule has 20 heavy (non-hydrogen) atoms. The molecule has 0 unspecified atom stereocenters. The highest BCUT2D eigenvalue weighted by atomic mass is 16.1. The van der Waals surface area contributed by atoms with Gasteiger partial charge in [-0.3, -0.25) is 4.79 Å². The molecule has 0 saturated heterocycles. The summed E-state index contributed by atoms with van der Waals surface area (Å²) in [4.78, 5) is 11.8. The first kappa shape index (κ1) is 16.7. The lowest BCUT2D eigenvalue weighted by molar-refractivity contribution is -0.115. The van der Waals surface area contributed by atoms with E-state index in [2.05, 4.69) is 17.6 Å². The minimum absolute atomic E-state index is 0.0327. The van der Waals surface area contributed by atoms with Crippen LogP contribution in [-0.2, 0) is 4.79 Å². The van der Waals surface area contributed by atoms with Gasteiger partial charge in [0.25, 0.3) is 0 Å². The second kappa shape index (κ2) is 10.4. The molecule has 2 N–H and O–H groups in total. The van der Waals surface area contributed by atoms with Crippen molar-refractivity contribution in [2.24, 2.45) is 0 Å². The van der Waals surface area contributed by atoms with E-state index in [0.717, 1.165) is 24.2 Å². The van der Waals surface area contributed by atoms with Gasteiger partial charge in [0.2, 0.25) is 5.91 Å². The molecule has 0 radical (unpaired) electrons. The number of benzene rings is 1. The summed E-state index contributed by atoms with van der Waals surface area (Å²) >= 11 is 0. The van der Waals surface area contributed by atoms with E-state index in [4.69, 9.17) is 0 Å². The summed E-state index contributed by atoms with van der Waals surface area (Å²) in [5, 5.41) is 6.13. The Morgan fingerprint density at radius 3 is 2.50 bits per heavy atom. The second-order valence-electron chi connectivity index (χ2n) is 5.31. The molecule has 1 aromatic rings. The Morgan fingerprint density at radius 1 is 1.05 bits per heavy atom. The molecule has 112 valence electrons. The van der Waals surface area contributed by atoms with Crippen LogP contribution in [0.25, 0.3) is 0 Å². The van der Waals surface area contributed by atoms with Crippen molar-refractivity contribution in [2.75, 3.05) is 18.4 Å². The van der Waals surface area contributed by atoms with Crippen LogP contribution in [-0.4, -0.2) is 19.0 Å². The van der Waals surface area contributed by atoms with Gasteiger partial charge in [0, 0.05) is 5.69 Å². The van der Waals surface area contributed by atoms with Crippen LogP contribution in [0.15, 0.2) is 24.3 Å². The van der Waals surface area contributed by atoms with Crippen LogP contribution in [0.2, 0.25) is 0 Å². The predicted octanol–water partition coefficient (Wildman–Crippen LogP) is 3.88. The molecule has 1 amide bonds. The van der Waals surface area contributed by atoms with Crippen molar-refractivity contribution >= 4 is 11.6 Å². The van der Waals surface area contributed by atoms with Crippen LogP contribution in [0, 0.1) is 6.92 Å². The minimum atomic E-state index is 0.0327. The van der Waals surface area contributed by atoms with Gasteiger partial charge in [-0.2, -0.15) is 0 Å². The molecule has 0 heterocycles. The molecule has 0 bridgehead atoms. The molecule has 0 aliphatic carbocycles. The van der Waals surface area contributed by atoms with Crippen molar-refractivity contribution in [2.45, 2.75) is 52.4 Å². The van der Waals surface area contributed by atoms with Gasteiger partial charge in [-0.05, 0) is 31.5 Å². The van der Waals surface area contributed by atoms with Gasteiger partial charge in [0.15, 0.2) is 0 Å². The topological polar surface area (TPSA) is 41.1 Å². The van der Waals surface area contributed by atoms with Crippen LogP contribution in [0.4, 0.5) is 5.69 Å². The highest BCUT2D eigenvalue weighted by Gasteiger charge is 2.03. The average Bonchev–Trinajstić information content (AvgIpc) is 2.44. The van der Waals surface area contributed by atoms with E-state index in [-0.39, 0.29) is 5.91 Å². The summed E-state index contributed by atoms with van der Waals surface area (Å²) in [6, 6.07) is 7.84. The lowest BCUT2D eigenvalue weighted by Crippen LogP contribution is -2.28. The number of anilines is 1. The molecule has 1 rings (SSSR count). The van der Waals surface area contributed by atoms with Crippen LogP contribution in [0.3, 0.4) is 0 Å². The molecule has 0 atom stereocenters. The van der Waals surface area contributed by atoms with Gasteiger partial charge in [0.1, 0.15) is 0 Å². The first-order valence-corrected chi connectivity index (χ1v) is 7.80. The Labute approximate surface area is 123 Å². The number of carbonyl (C=O) groups excluding carboxylic acids is 1. The maximum atomic E-state index is 11.8. The number of unbranched alkanes of at least 4 members (excludes halogenated alkanes) is 5. The molecule has 0 aromatic heterocycles. The predicted molar refractivity (Wildman–Crippen MR) is 86.1 cm³/mol. The fourth-order valence-electron chi connectivity index (χ4n) is 2.14. The molecular weight excluding hydrogens is 248 g/mol. The Balaban J connectivity index is 2.05. The Morgan fingerprint density at radius 2 is 1.75 bits per heavy atom. The number of amides is 1. The van der Waals surface area contributed by atoms with Gasteiger partial charge < -0.3 is 10.6 Å². The molecule has 0 aliphatic heterocycles. The van der Waals surface area contributed by atoms with E-state index in [1.807, 2.05) is 31.2 Å². The van der Waals surface area contributed by atoms with E-state index in [0.29, 0.717) is 6.54 Å². The van der Waals surface area contributed by atoms with Gasteiger partial charge in [0.05, 0.1) is 6.54 Å². The Kier molecular flexibility index (Phi) is 8.72. The largest absolute Gasteiger partial charge is 0.325 e. The highest BCUT2D eigenvalue weighted by Crippen LogP contribution is 2.12. The van der Waals surface area contributed by atoms with Crippen molar-refractivity contribution in [3.8, 4) is 0 Å². The van der Waals surface area contributed by atoms with Crippen molar-refractivity contribution in [1.82, 2.24) is 5.32 Å². The number of nitrogens with one attached hydrogen (secondary N) is 2.